The molecule has 1 fully saturated rings. The highest BCUT2D eigenvalue weighted by atomic mass is 35.5. The molecule has 12 heteroatoms. The molecular formula is C35H31ClN6O5. The lowest BCUT2D eigenvalue weighted by Crippen LogP contribution is -2.40. The van der Waals surface area contributed by atoms with E-state index in [1.807, 2.05) is 36.4 Å². The monoisotopic (exact) mass is 650 g/mol. The summed E-state index contributed by atoms with van der Waals surface area (Å²) < 4.78 is 5.38. The van der Waals surface area contributed by atoms with Crippen molar-refractivity contribution >= 4 is 73.3 Å². The Morgan fingerprint density at radius 3 is 2.36 bits per heavy atom. The summed E-state index contributed by atoms with van der Waals surface area (Å²) in [5.41, 5.74) is 12.0. The minimum atomic E-state index is -0.274. The normalized spacial score (nSPS) is 16.4. The van der Waals surface area contributed by atoms with E-state index in [9.17, 15) is 19.5 Å². The van der Waals surface area contributed by atoms with Crippen LogP contribution in [0.5, 0.6) is 5.75 Å². The van der Waals surface area contributed by atoms with Crippen LogP contribution in [-0.2, 0) is 11.2 Å². The molecule has 0 unspecified atom stereocenters. The van der Waals surface area contributed by atoms with Crippen LogP contribution in [0.3, 0.4) is 0 Å². The van der Waals surface area contributed by atoms with Gasteiger partial charge >= 0.3 is 0 Å². The highest BCUT2D eigenvalue weighted by Crippen LogP contribution is 2.46. The number of nitrogens with zero attached hydrogens (tertiary/aromatic N) is 2. The molecule has 6 aromatic rings. The first-order valence-corrected chi connectivity index (χ1v) is 16.0. The summed E-state index contributed by atoms with van der Waals surface area (Å²) in [4.78, 5) is 53.2. The number of hydrogen-bond acceptors (Lipinski definition) is 6. The zero-order chi connectivity index (χ0) is 32.4. The lowest BCUT2D eigenvalue weighted by molar-refractivity contribution is 0.0299. The van der Waals surface area contributed by atoms with Crippen LogP contribution in [0, 0.1) is 0 Å². The van der Waals surface area contributed by atoms with Crippen LogP contribution < -0.4 is 10.6 Å². The molecule has 2 aliphatic rings. The number of H-pyrrole nitrogens is 3. The molecule has 3 aromatic heterocycles. The molecule has 0 radical (unpaired) electrons. The lowest BCUT2D eigenvalue weighted by Gasteiger charge is -2.26. The molecule has 0 spiro atoms. The third kappa shape index (κ3) is 4.99. The van der Waals surface area contributed by atoms with Crippen molar-refractivity contribution in [2.24, 2.45) is 0 Å². The number of alkyl halides is 1. The summed E-state index contributed by atoms with van der Waals surface area (Å²) in [7, 11) is 0. The molecule has 0 saturated carbocycles. The number of aromatic hydroxyl groups is 1. The number of Topliss-reactive ketones (excluding diaryl/α,β-unsaturated/α-hetero) is 1. The van der Waals surface area contributed by atoms with Crippen LogP contribution in [0.4, 0.5) is 11.4 Å². The van der Waals surface area contributed by atoms with Gasteiger partial charge in [0.1, 0.15) is 17.1 Å². The fourth-order valence-electron chi connectivity index (χ4n) is 6.85. The number of ketones is 1. The number of fused-ring (bicyclic) bond motifs is 5. The maximum absolute atomic E-state index is 14.0. The molecule has 8 rings (SSSR count). The second-order valence-corrected chi connectivity index (χ2v) is 12.5. The molecule has 5 heterocycles. The van der Waals surface area contributed by atoms with E-state index in [2.05, 4.69) is 15.0 Å². The minimum Gasteiger partial charge on any atom is -0.506 e. The van der Waals surface area contributed by atoms with Crippen molar-refractivity contribution in [2.45, 2.75) is 12.3 Å². The zero-order valence-corrected chi connectivity index (χ0v) is 26.0. The van der Waals surface area contributed by atoms with E-state index in [0.29, 0.717) is 72.2 Å². The van der Waals surface area contributed by atoms with E-state index >= 15 is 0 Å². The van der Waals surface area contributed by atoms with Gasteiger partial charge in [0.15, 0.2) is 5.78 Å². The first-order valence-electron chi connectivity index (χ1n) is 15.4. The van der Waals surface area contributed by atoms with E-state index < -0.39 is 0 Å². The molecule has 3 aromatic carbocycles. The van der Waals surface area contributed by atoms with Crippen LogP contribution in [0.2, 0.25) is 0 Å². The van der Waals surface area contributed by atoms with Crippen molar-refractivity contribution in [3.63, 3.8) is 0 Å². The Labute approximate surface area is 273 Å². The Bertz CT molecular complexity index is 2240. The number of ether oxygens (including phenoxy) is 1. The van der Waals surface area contributed by atoms with Gasteiger partial charge in [0.05, 0.1) is 30.1 Å². The Morgan fingerprint density at radius 1 is 0.872 bits per heavy atom. The molecular weight excluding hydrogens is 620 g/mol. The van der Waals surface area contributed by atoms with Gasteiger partial charge in [-0.25, -0.2) is 0 Å². The van der Waals surface area contributed by atoms with Gasteiger partial charge in [-0.15, -0.1) is 11.6 Å². The van der Waals surface area contributed by atoms with Gasteiger partial charge in [0.25, 0.3) is 11.8 Å². The van der Waals surface area contributed by atoms with E-state index in [0.717, 1.165) is 32.9 Å². The van der Waals surface area contributed by atoms with Crippen LogP contribution in [0.25, 0.3) is 32.7 Å². The number of nitrogens with two attached hydrogens (primary N) is 1. The largest absolute Gasteiger partial charge is 0.506 e. The average Bonchev–Trinajstić information content (AvgIpc) is 3.87. The number of morpholine rings is 1. The van der Waals surface area contributed by atoms with E-state index in [1.54, 1.807) is 34.1 Å². The topological polar surface area (TPSA) is 161 Å². The van der Waals surface area contributed by atoms with Gasteiger partial charge in [-0.3, -0.25) is 14.4 Å². The number of nitrogen functional groups attached to an aromatic ring is 1. The van der Waals surface area contributed by atoms with Gasteiger partial charge in [-0.2, -0.15) is 0 Å². The number of nitrogens with one attached hydrogen (secondary N) is 3. The van der Waals surface area contributed by atoms with Gasteiger partial charge in [-0.1, -0.05) is 6.07 Å². The molecule has 0 bridgehead atoms. The first-order chi connectivity index (χ1) is 22.8. The number of halogens is 1. The number of phenols is 1. The molecule has 1 atom stereocenters. The Hall–Kier alpha value is -5.26. The quantitative estimate of drug-likeness (QED) is 0.0934. The summed E-state index contributed by atoms with van der Waals surface area (Å²) in [6, 6.07) is 18.0. The summed E-state index contributed by atoms with van der Waals surface area (Å²) >= 11 is 6.44. The van der Waals surface area contributed by atoms with Crippen molar-refractivity contribution < 1.29 is 24.2 Å². The van der Waals surface area contributed by atoms with Crippen LogP contribution in [0.15, 0.2) is 60.7 Å². The number of phenolic OH excluding ortho intramolecular Hbond substituents is 1. The van der Waals surface area contributed by atoms with Gasteiger partial charge in [-0.05, 0) is 59.7 Å². The number of aromatic amines is 3. The predicted octanol–water partition coefficient (Wildman–Crippen LogP) is 5.30. The Morgan fingerprint density at radius 2 is 1.57 bits per heavy atom. The third-order valence-corrected chi connectivity index (χ3v) is 9.57. The molecule has 6 N–H and O–H groups in total. The number of carbonyl (C=O) groups is 3. The zero-order valence-electron chi connectivity index (χ0n) is 25.2. The molecule has 238 valence electrons. The summed E-state index contributed by atoms with van der Waals surface area (Å²) in [6.07, 6.45) is 0.186. The fraction of sp³-hybridized carbons (Fsp3) is 0.229. The molecule has 2 amide bonds. The number of anilines is 2. The number of benzene rings is 3. The highest BCUT2D eigenvalue weighted by molar-refractivity contribution is 6.19. The molecule has 1 saturated heterocycles. The number of rotatable bonds is 6. The van der Waals surface area contributed by atoms with E-state index in [-0.39, 0.29) is 41.6 Å². The number of aromatic nitrogens is 3. The standard InChI is InChI=1S/C35H31ClN6O5/c36-16-21-17-42(29-15-31(44)33-23(32(21)29)14-28(40-33)34(45)41-5-7-47-8-6-41)35(46)27-13-19-9-18(1-3-24(19)39-27)10-30(43)26-12-20-11-22(37)2-4-25(20)38-26/h1-4,9,11-15,21,38-40,44H,5-8,10,16-17,37H2/t21-/m1/s1. The van der Waals surface area contributed by atoms with E-state index in [1.165, 1.54) is 0 Å². The second-order valence-electron chi connectivity index (χ2n) is 12.2. The average molecular weight is 651 g/mol. The number of hydrogen-bond donors (Lipinski definition) is 5. The van der Waals surface area contributed by atoms with Crippen molar-refractivity contribution in [3.05, 3.63) is 88.9 Å². The lowest BCUT2D eigenvalue weighted by atomic mass is 9.98. The second kappa shape index (κ2) is 11.2. The maximum atomic E-state index is 14.0. The van der Waals surface area contributed by atoms with E-state index in [4.69, 9.17) is 22.1 Å². The first kappa shape index (κ1) is 29.2. The number of carbonyl (C=O) groups excluding carboxylic acids is 3. The van der Waals surface area contributed by atoms with Crippen molar-refractivity contribution in [1.82, 2.24) is 19.9 Å². The highest BCUT2D eigenvalue weighted by Gasteiger charge is 2.36. The van der Waals surface area contributed by atoms with Crippen LogP contribution in [0.1, 0.15) is 48.5 Å². The summed E-state index contributed by atoms with van der Waals surface area (Å²) in [5, 5.41) is 13.4. The summed E-state index contributed by atoms with van der Waals surface area (Å²) in [6.45, 7) is 2.26. The third-order valence-electron chi connectivity index (χ3n) is 9.20. The Balaban J connectivity index is 1.07. The minimum absolute atomic E-state index is 0.0579. The Kier molecular flexibility index (Phi) is 6.96. The predicted molar refractivity (Wildman–Crippen MR) is 181 cm³/mol. The fourth-order valence-corrected chi connectivity index (χ4v) is 7.11. The van der Waals surface area contributed by atoms with Crippen molar-refractivity contribution in [1.29, 1.82) is 0 Å². The molecule has 0 aliphatic carbocycles. The van der Waals surface area contributed by atoms with Gasteiger partial charge in [0.2, 0.25) is 0 Å². The smallest absolute Gasteiger partial charge is 0.274 e. The van der Waals surface area contributed by atoms with Crippen LogP contribution >= 0.6 is 11.6 Å². The molecule has 2 aliphatic heterocycles. The van der Waals surface area contributed by atoms with Crippen molar-refractivity contribution in [2.75, 3.05) is 49.4 Å². The number of amides is 2. The molecule has 11 nitrogen and oxygen atoms in total. The SMILES string of the molecule is Nc1ccc2[nH]c(C(=O)Cc3ccc4[nH]c(C(=O)N5C[C@@H](CCl)c6c5cc(O)c5[nH]c(C(=O)N7CCOCC7)cc65)cc4c3)cc2c1. The summed E-state index contributed by atoms with van der Waals surface area (Å²) in [5.74, 6) is -0.512. The van der Waals surface area contributed by atoms with Gasteiger partial charge in [0, 0.05) is 76.8 Å². The van der Waals surface area contributed by atoms with Crippen LogP contribution in [-0.4, -0.2) is 81.3 Å². The van der Waals surface area contributed by atoms with Crippen molar-refractivity contribution in [3.8, 4) is 5.75 Å². The molecule has 47 heavy (non-hydrogen) atoms. The maximum Gasteiger partial charge on any atom is 0.274 e. The van der Waals surface area contributed by atoms with Gasteiger partial charge < -0.3 is 40.3 Å².